The van der Waals surface area contributed by atoms with Crippen molar-refractivity contribution in [2.24, 2.45) is 0 Å². The van der Waals surface area contributed by atoms with Crippen LogP contribution in [0.2, 0.25) is 0 Å². The number of carbonyl (C=O) groups is 1. The number of aliphatic hydroxyl groups excluding tert-OH is 1. The van der Waals surface area contributed by atoms with Gasteiger partial charge in [-0.2, -0.15) is 5.48 Å². The van der Waals surface area contributed by atoms with E-state index in [0.29, 0.717) is 12.8 Å². The number of aliphatic hydroxyl groups is 1. The van der Waals surface area contributed by atoms with Gasteiger partial charge >= 0.3 is 5.97 Å². The van der Waals surface area contributed by atoms with Gasteiger partial charge in [0.05, 0.1) is 0 Å². The Balaban J connectivity index is 3.76. The third kappa shape index (κ3) is 12.4. The Labute approximate surface area is 120 Å². The highest BCUT2D eigenvalue weighted by Gasteiger charge is 2.04. The highest BCUT2D eigenvalue weighted by molar-refractivity contribution is 5.68. The van der Waals surface area contributed by atoms with Gasteiger partial charge in [-0.15, -0.1) is 12.3 Å². The Morgan fingerprint density at radius 3 is 3.00 bits per heavy atom. The van der Waals surface area contributed by atoms with Crippen LogP contribution >= 0.6 is 0 Å². The molecule has 0 bridgehead atoms. The third-order valence-electron chi connectivity index (χ3n) is 2.21. The number of hydrogen-bond donors (Lipinski definition) is 2. The van der Waals surface area contributed by atoms with Crippen LogP contribution in [-0.4, -0.2) is 24.2 Å². The Hall–Kier alpha value is -2.01. The number of terminal acetylenes is 1. The lowest BCUT2D eigenvalue weighted by Gasteiger charge is -2.02. The second kappa shape index (κ2) is 13.4. The van der Waals surface area contributed by atoms with Crippen LogP contribution in [0.25, 0.3) is 0 Å². The minimum Gasteiger partial charge on any atom is -0.380 e. The topological polar surface area (TPSA) is 58.6 Å². The molecule has 0 aliphatic rings. The smallest absolute Gasteiger partial charge is 0.324 e. The van der Waals surface area contributed by atoms with Crippen molar-refractivity contribution in [2.75, 3.05) is 7.05 Å². The fourth-order valence-corrected chi connectivity index (χ4v) is 1.27. The van der Waals surface area contributed by atoms with E-state index < -0.39 is 6.10 Å². The quantitative estimate of drug-likeness (QED) is 0.306. The Morgan fingerprint density at radius 1 is 1.50 bits per heavy atom. The summed E-state index contributed by atoms with van der Waals surface area (Å²) in [6, 6.07) is 0. The molecule has 0 aromatic rings. The van der Waals surface area contributed by atoms with Crippen molar-refractivity contribution < 1.29 is 14.7 Å². The van der Waals surface area contributed by atoms with Crippen molar-refractivity contribution in [1.29, 1.82) is 0 Å². The third-order valence-corrected chi connectivity index (χ3v) is 2.21. The predicted molar refractivity (Wildman–Crippen MR) is 79.1 cm³/mol. The zero-order valence-corrected chi connectivity index (χ0v) is 11.8. The molecule has 0 fully saturated rings. The van der Waals surface area contributed by atoms with Crippen LogP contribution in [0.4, 0.5) is 0 Å². The first-order valence-electron chi connectivity index (χ1n) is 6.51. The molecule has 0 saturated heterocycles. The first-order valence-corrected chi connectivity index (χ1v) is 6.51. The minimum absolute atomic E-state index is 0.257. The van der Waals surface area contributed by atoms with Crippen LogP contribution in [0.1, 0.15) is 32.1 Å². The summed E-state index contributed by atoms with van der Waals surface area (Å²) >= 11 is 0. The SMILES string of the molecule is C#CCC/C=C/C=C/C#C[C@@H](O)CCCC(=O)ONC. The second-order valence-corrected chi connectivity index (χ2v) is 3.90. The van der Waals surface area contributed by atoms with Crippen LogP contribution in [0.5, 0.6) is 0 Å². The zero-order valence-electron chi connectivity index (χ0n) is 11.8. The molecule has 0 heterocycles. The van der Waals surface area contributed by atoms with Crippen LogP contribution in [0.3, 0.4) is 0 Å². The average Bonchev–Trinajstić information content (AvgIpc) is 2.42. The molecule has 2 N–H and O–H groups in total. The zero-order chi connectivity index (χ0) is 15.1. The van der Waals surface area contributed by atoms with E-state index >= 15 is 0 Å². The molecule has 4 heteroatoms. The van der Waals surface area contributed by atoms with E-state index in [2.05, 4.69) is 28.1 Å². The normalized spacial score (nSPS) is 11.8. The summed E-state index contributed by atoms with van der Waals surface area (Å²) in [5, 5.41) is 9.55. The molecular formula is C16H21NO3. The van der Waals surface area contributed by atoms with Crippen molar-refractivity contribution in [2.45, 2.75) is 38.2 Å². The molecule has 0 amide bonds. The first-order chi connectivity index (χ1) is 9.70. The molecule has 0 aliphatic heterocycles. The number of rotatable bonds is 8. The number of hydroxylamine groups is 1. The van der Waals surface area contributed by atoms with E-state index in [1.54, 1.807) is 12.2 Å². The monoisotopic (exact) mass is 275 g/mol. The average molecular weight is 275 g/mol. The molecule has 0 aromatic heterocycles. The van der Waals surface area contributed by atoms with Gasteiger partial charge in [0, 0.05) is 19.9 Å². The van der Waals surface area contributed by atoms with E-state index in [0.717, 1.165) is 12.8 Å². The van der Waals surface area contributed by atoms with E-state index in [1.165, 1.54) is 7.05 Å². The lowest BCUT2D eigenvalue weighted by atomic mass is 10.1. The van der Waals surface area contributed by atoms with Crippen molar-refractivity contribution >= 4 is 5.97 Å². The van der Waals surface area contributed by atoms with Gasteiger partial charge in [0.15, 0.2) is 0 Å². The summed E-state index contributed by atoms with van der Waals surface area (Å²) in [7, 11) is 1.52. The second-order valence-electron chi connectivity index (χ2n) is 3.90. The summed E-state index contributed by atoms with van der Waals surface area (Å²) in [6.07, 6.45) is 14.5. The van der Waals surface area contributed by atoms with E-state index in [-0.39, 0.29) is 12.4 Å². The number of carbonyl (C=O) groups excluding carboxylic acids is 1. The van der Waals surface area contributed by atoms with Gasteiger partial charge in [-0.05, 0) is 25.3 Å². The van der Waals surface area contributed by atoms with Crippen molar-refractivity contribution in [3.05, 3.63) is 24.3 Å². The van der Waals surface area contributed by atoms with Crippen LogP contribution < -0.4 is 5.48 Å². The Morgan fingerprint density at radius 2 is 2.30 bits per heavy atom. The molecule has 0 aromatic carbocycles. The maximum absolute atomic E-state index is 11.0. The van der Waals surface area contributed by atoms with Gasteiger partial charge in [0.2, 0.25) is 0 Å². The molecule has 20 heavy (non-hydrogen) atoms. The maximum Gasteiger partial charge on any atom is 0.324 e. The molecule has 0 radical (unpaired) electrons. The molecule has 0 saturated carbocycles. The largest absolute Gasteiger partial charge is 0.380 e. The molecule has 0 aliphatic carbocycles. The molecule has 0 unspecified atom stereocenters. The maximum atomic E-state index is 11.0. The summed E-state index contributed by atoms with van der Waals surface area (Å²) < 4.78 is 0. The van der Waals surface area contributed by atoms with Crippen LogP contribution in [0.15, 0.2) is 24.3 Å². The summed E-state index contributed by atoms with van der Waals surface area (Å²) in [6.45, 7) is 0. The lowest BCUT2D eigenvalue weighted by molar-refractivity contribution is -0.150. The summed E-state index contributed by atoms with van der Waals surface area (Å²) in [5.41, 5.74) is 2.31. The number of nitrogens with one attached hydrogen (secondary N) is 1. The van der Waals surface area contributed by atoms with Crippen molar-refractivity contribution in [1.82, 2.24) is 5.48 Å². The van der Waals surface area contributed by atoms with Gasteiger partial charge in [0.25, 0.3) is 0 Å². The van der Waals surface area contributed by atoms with E-state index in [1.807, 2.05) is 12.2 Å². The van der Waals surface area contributed by atoms with Crippen LogP contribution in [0, 0.1) is 24.2 Å². The molecule has 0 rings (SSSR count). The molecule has 4 nitrogen and oxygen atoms in total. The predicted octanol–water partition coefficient (Wildman–Crippen LogP) is 1.72. The lowest BCUT2D eigenvalue weighted by Crippen LogP contribution is -2.15. The molecular weight excluding hydrogens is 254 g/mol. The van der Waals surface area contributed by atoms with Crippen molar-refractivity contribution in [3.63, 3.8) is 0 Å². The highest BCUT2D eigenvalue weighted by atomic mass is 16.7. The number of hydrogen-bond acceptors (Lipinski definition) is 4. The number of unbranched alkanes of at least 4 members (excludes halogenated alkanes) is 1. The first kappa shape index (κ1) is 18.0. The van der Waals surface area contributed by atoms with Crippen LogP contribution in [-0.2, 0) is 9.63 Å². The molecule has 0 spiro atoms. The van der Waals surface area contributed by atoms with Gasteiger partial charge in [-0.25, -0.2) is 0 Å². The van der Waals surface area contributed by atoms with Gasteiger partial charge in [-0.3, -0.25) is 4.79 Å². The number of allylic oxidation sites excluding steroid dienone is 4. The summed E-state index contributed by atoms with van der Waals surface area (Å²) in [4.78, 5) is 15.5. The Bertz CT molecular complexity index is 421. The summed E-state index contributed by atoms with van der Waals surface area (Å²) in [5.74, 6) is 7.62. The minimum atomic E-state index is -0.729. The molecule has 1 atom stereocenters. The van der Waals surface area contributed by atoms with Gasteiger partial charge in [-0.1, -0.05) is 30.1 Å². The van der Waals surface area contributed by atoms with Gasteiger partial charge in [0.1, 0.15) is 6.10 Å². The fourth-order valence-electron chi connectivity index (χ4n) is 1.27. The van der Waals surface area contributed by atoms with E-state index in [4.69, 9.17) is 6.42 Å². The molecule has 108 valence electrons. The standard InChI is InChI=1S/C16H21NO3/c1-3-4-5-6-7-8-9-10-12-15(18)13-11-14-16(19)20-17-2/h1,6-9,15,17-18H,4-5,11,13-14H2,2H3/b7-6+,9-8+/t15-/m1/s1. The van der Waals surface area contributed by atoms with Gasteiger partial charge < -0.3 is 9.94 Å². The van der Waals surface area contributed by atoms with Crippen molar-refractivity contribution in [3.8, 4) is 24.2 Å². The Kier molecular flexibility index (Phi) is 12.1. The fraction of sp³-hybridized carbons (Fsp3) is 0.438. The van der Waals surface area contributed by atoms with E-state index in [9.17, 15) is 9.90 Å². The highest BCUT2D eigenvalue weighted by Crippen LogP contribution is 2.01.